The van der Waals surface area contributed by atoms with Crippen LogP contribution in [0, 0.1) is 29.1 Å². The van der Waals surface area contributed by atoms with E-state index in [0.717, 1.165) is 53.9 Å². The fourth-order valence-corrected chi connectivity index (χ4v) is 7.98. The first kappa shape index (κ1) is 23.8. The van der Waals surface area contributed by atoms with E-state index in [1.54, 1.807) is 19.8 Å². The van der Waals surface area contributed by atoms with Crippen LogP contribution in [-0.2, 0) is 6.42 Å². The minimum absolute atomic E-state index is 0.428. The van der Waals surface area contributed by atoms with Crippen molar-refractivity contribution >= 4 is 9.47 Å². The van der Waals surface area contributed by atoms with Crippen LogP contribution in [0.2, 0.25) is 0 Å². The quantitative estimate of drug-likeness (QED) is 0.396. The lowest BCUT2D eigenvalue weighted by Gasteiger charge is -2.53. The van der Waals surface area contributed by atoms with Gasteiger partial charge >= 0.3 is 0 Å². The number of fused-ring (bicyclic) bond motifs is 5. The SMILES string of the molecule is COc1ccc(OCC[C@H]2CCC3C4C(CCC32C)c2ccc(OP)cc2C[C@H]4C)cc1OC. The topological polar surface area (TPSA) is 36.9 Å². The van der Waals surface area contributed by atoms with Crippen LogP contribution < -0.4 is 18.7 Å². The van der Waals surface area contributed by atoms with Gasteiger partial charge in [-0.1, -0.05) is 19.9 Å². The first-order valence-electron chi connectivity index (χ1n) is 12.8. The maximum Gasteiger partial charge on any atom is 0.164 e. The molecule has 0 spiro atoms. The van der Waals surface area contributed by atoms with E-state index in [0.29, 0.717) is 17.1 Å². The summed E-state index contributed by atoms with van der Waals surface area (Å²) in [6.07, 6.45) is 7.64. The van der Waals surface area contributed by atoms with Crippen molar-refractivity contribution in [3.8, 4) is 23.0 Å². The van der Waals surface area contributed by atoms with Gasteiger partial charge < -0.3 is 18.7 Å². The Morgan fingerprint density at radius 1 is 0.971 bits per heavy atom. The molecule has 0 heterocycles. The highest BCUT2D eigenvalue weighted by molar-refractivity contribution is 7.10. The molecule has 0 N–H and O–H groups in total. The summed E-state index contributed by atoms with van der Waals surface area (Å²) in [5, 5.41) is 0. The first-order chi connectivity index (χ1) is 16.5. The van der Waals surface area contributed by atoms with E-state index in [4.69, 9.17) is 18.7 Å². The Hall–Kier alpha value is -1.93. The monoisotopic (exact) mass is 482 g/mol. The standard InChI is InChI=1S/C29H39O4P/c1-18-15-19-16-22(33-34)6-8-23(19)24-11-13-29(2)20(5-9-25(29)28(18)24)12-14-32-21-7-10-26(30-3)27(17-21)31-4/h6-8,10,16-18,20,24-25,28H,5,9,11-15,34H2,1-4H3/t18-,20-,24?,25?,28?,29?/m1/s1. The molecule has 184 valence electrons. The molecule has 2 fully saturated rings. The molecule has 5 unspecified atom stereocenters. The smallest absolute Gasteiger partial charge is 0.164 e. The average molecular weight is 483 g/mol. The Bertz CT molecular complexity index is 1020. The number of rotatable bonds is 7. The van der Waals surface area contributed by atoms with Crippen LogP contribution in [-0.4, -0.2) is 20.8 Å². The van der Waals surface area contributed by atoms with Gasteiger partial charge in [0, 0.05) is 6.07 Å². The molecule has 34 heavy (non-hydrogen) atoms. The van der Waals surface area contributed by atoms with Crippen molar-refractivity contribution in [3.63, 3.8) is 0 Å². The van der Waals surface area contributed by atoms with E-state index < -0.39 is 0 Å². The normalized spacial score (nSPS) is 31.7. The van der Waals surface area contributed by atoms with Gasteiger partial charge in [0.1, 0.15) is 11.5 Å². The molecule has 7 atom stereocenters. The van der Waals surface area contributed by atoms with Gasteiger partial charge in [-0.3, -0.25) is 0 Å². The van der Waals surface area contributed by atoms with Gasteiger partial charge in [-0.15, -0.1) is 0 Å². The summed E-state index contributed by atoms with van der Waals surface area (Å²) in [4.78, 5) is 0. The first-order valence-corrected chi connectivity index (χ1v) is 13.3. The third-order valence-electron chi connectivity index (χ3n) is 9.47. The lowest BCUT2D eigenvalue weighted by Crippen LogP contribution is -2.45. The minimum Gasteiger partial charge on any atom is -0.493 e. The van der Waals surface area contributed by atoms with Gasteiger partial charge in [0.25, 0.3) is 0 Å². The molecule has 2 aromatic carbocycles. The molecule has 0 saturated heterocycles. The number of hydrogen-bond donors (Lipinski definition) is 0. The number of methoxy groups -OCH3 is 2. The van der Waals surface area contributed by atoms with Crippen LogP contribution in [0.25, 0.3) is 0 Å². The molecule has 3 aliphatic rings. The van der Waals surface area contributed by atoms with Gasteiger partial charge in [-0.05, 0) is 109 Å². The van der Waals surface area contributed by atoms with Crippen LogP contribution in [0.4, 0.5) is 0 Å². The maximum absolute atomic E-state index is 6.18. The van der Waals surface area contributed by atoms with Crippen molar-refractivity contribution in [2.45, 2.75) is 58.3 Å². The zero-order chi connectivity index (χ0) is 23.9. The van der Waals surface area contributed by atoms with Crippen molar-refractivity contribution in [2.24, 2.45) is 29.1 Å². The summed E-state index contributed by atoms with van der Waals surface area (Å²) in [7, 11) is 5.71. The van der Waals surface area contributed by atoms with Crippen LogP contribution in [0.3, 0.4) is 0 Å². The molecule has 0 radical (unpaired) electrons. The van der Waals surface area contributed by atoms with E-state index in [1.165, 1.54) is 37.7 Å². The summed E-state index contributed by atoms with van der Waals surface area (Å²) >= 11 is 0. The second-order valence-corrected chi connectivity index (χ2v) is 11.2. The summed E-state index contributed by atoms with van der Waals surface area (Å²) in [6, 6.07) is 12.6. The average Bonchev–Trinajstić information content (AvgIpc) is 3.19. The minimum atomic E-state index is 0.428. The molecule has 2 aromatic rings. The number of hydrogen-bond acceptors (Lipinski definition) is 4. The summed E-state index contributed by atoms with van der Waals surface area (Å²) in [5.74, 6) is 7.05. The van der Waals surface area contributed by atoms with Gasteiger partial charge in [0.2, 0.25) is 0 Å². The Kier molecular flexibility index (Phi) is 6.73. The van der Waals surface area contributed by atoms with Crippen LogP contribution in [0.1, 0.15) is 63.0 Å². The van der Waals surface area contributed by atoms with E-state index in [2.05, 4.69) is 41.5 Å². The molecular formula is C29H39O4P. The Morgan fingerprint density at radius 3 is 2.53 bits per heavy atom. The van der Waals surface area contributed by atoms with Crippen molar-refractivity contribution in [2.75, 3.05) is 20.8 Å². The van der Waals surface area contributed by atoms with Crippen molar-refractivity contribution in [3.05, 3.63) is 47.5 Å². The van der Waals surface area contributed by atoms with Crippen molar-refractivity contribution in [1.82, 2.24) is 0 Å². The lowest BCUT2D eigenvalue weighted by atomic mass is 9.51. The molecule has 2 saturated carbocycles. The van der Waals surface area contributed by atoms with E-state index in [1.807, 2.05) is 18.2 Å². The highest BCUT2D eigenvalue weighted by Crippen LogP contribution is 2.64. The van der Waals surface area contributed by atoms with Crippen molar-refractivity contribution < 1.29 is 18.7 Å². The summed E-state index contributed by atoms with van der Waals surface area (Å²) < 4.78 is 22.4. The van der Waals surface area contributed by atoms with Gasteiger partial charge in [-0.2, -0.15) is 0 Å². The molecule has 5 heteroatoms. The number of ether oxygens (including phenoxy) is 3. The molecule has 0 amide bonds. The van der Waals surface area contributed by atoms with E-state index in [9.17, 15) is 0 Å². The third kappa shape index (κ3) is 4.06. The van der Waals surface area contributed by atoms with Crippen molar-refractivity contribution in [1.29, 1.82) is 0 Å². The zero-order valence-electron chi connectivity index (χ0n) is 21.0. The molecule has 0 aromatic heterocycles. The summed E-state index contributed by atoms with van der Waals surface area (Å²) in [6.45, 7) is 5.84. The van der Waals surface area contributed by atoms with Gasteiger partial charge in [0.05, 0.1) is 30.3 Å². The molecule has 3 aliphatic carbocycles. The predicted molar refractivity (Wildman–Crippen MR) is 139 cm³/mol. The van der Waals surface area contributed by atoms with Gasteiger partial charge in [-0.25, -0.2) is 0 Å². The molecular weight excluding hydrogens is 443 g/mol. The Labute approximate surface area is 207 Å². The summed E-state index contributed by atoms with van der Waals surface area (Å²) in [5.41, 5.74) is 3.53. The van der Waals surface area contributed by atoms with Crippen LogP contribution in [0.5, 0.6) is 23.0 Å². The second kappa shape index (κ2) is 9.61. The Morgan fingerprint density at radius 2 is 1.76 bits per heavy atom. The second-order valence-electron chi connectivity index (χ2n) is 10.9. The third-order valence-corrected chi connectivity index (χ3v) is 9.74. The van der Waals surface area contributed by atoms with E-state index in [-0.39, 0.29) is 0 Å². The van der Waals surface area contributed by atoms with Crippen LogP contribution >= 0.6 is 9.47 Å². The predicted octanol–water partition coefficient (Wildman–Crippen LogP) is 7.06. The molecule has 5 rings (SSSR count). The maximum atomic E-state index is 6.18. The molecule has 0 aliphatic heterocycles. The highest BCUT2D eigenvalue weighted by atomic mass is 31.0. The largest absolute Gasteiger partial charge is 0.493 e. The van der Waals surface area contributed by atoms with Crippen LogP contribution in [0.15, 0.2) is 36.4 Å². The fourth-order valence-electron chi connectivity index (χ4n) is 7.84. The number of benzene rings is 2. The lowest BCUT2D eigenvalue weighted by molar-refractivity contribution is 0.000926. The molecule has 0 bridgehead atoms. The van der Waals surface area contributed by atoms with E-state index >= 15 is 0 Å². The van der Waals surface area contributed by atoms with Gasteiger partial charge in [0.15, 0.2) is 11.5 Å². The zero-order valence-corrected chi connectivity index (χ0v) is 22.2. The fraction of sp³-hybridized carbons (Fsp3) is 0.586. The molecule has 4 nitrogen and oxygen atoms in total. The Balaban J connectivity index is 1.27. The highest BCUT2D eigenvalue weighted by Gasteiger charge is 2.55.